The molecule has 4 atom stereocenters. The average Bonchev–Trinajstić information content (AvgIpc) is 2.67. The molecular formula is C14H20ClNOS. The first-order valence-corrected chi connectivity index (χ1v) is 7.89. The Kier molecular flexibility index (Phi) is 3.22. The summed E-state index contributed by atoms with van der Waals surface area (Å²) in [5.74, 6) is 0.467. The van der Waals surface area contributed by atoms with Gasteiger partial charge in [-0.15, -0.1) is 11.3 Å². The Morgan fingerprint density at radius 1 is 1.33 bits per heavy atom. The zero-order chi connectivity index (χ0) is 12.9. The van der Waals surface area contributed by atoms with E-state index in [1.165, 1.54) is 10.4 Å². The van der Waals surface area contributed by atoms with E-state index in [1.54, 1.807) is 11.3 Å². The molecule has 0 radical (unpaired) electrons. The zero-order valence-electron chi connectivity index (χ0n) is 11.1. The van der Waals surface area contributed by atoms with Crippen LogP contribution in [0, 0.1) is 0 Å². The maximum absolute atomic E-state index is 6.31. The Balaban J connectivity index is 2.05. The highest BCUT2D eigenvalue weighted by Crippen LogP contribution is 2.50. The number of ether oxygens (including phenoxy) is 1. The summed E-state index contributed by atoms with van der Waals surface area (Å²) in [5.41, 5.74) is 1.32. The molecule has 0 bridgehead atoms. The standard InChI is InChI=1S/C14H20ClNOS/c1-8-7-17-14(5-9(2)16-10(3)6-14)13-11(8)4-12(15)18-13/h4,8-10,16H,5-7H2,1-3H3/t8?,9-,10+,14?. The minimum absolute atomic E-state index is 0.0935. The number of rotatable bonds is 0. The maximum atomic E-state index is 6.31. The van der Waals surface area contributed by atoms with E-state index < -0.39 is 0 Å². The lowest BCUT2D eigenvalue weighted by Gasteiger charge is -2.46. The van der Waals surface area contributed by atoms with Crippen LogP contribution in [-0.4, -0.2) is 18.7 Å². The van der Waals surface area contributed by atoms with E-state index in [9.17, 15) is 0 Å². The summed E-state index contributed by atoms with van der Waals surface area (Å²) in [6, 6.07) is 3.14. The summed E-state index contributed by atoms with van der Waals surface area (Å²) in [6.45, 7) is 7.53. The highest BCUT2D eigenvalue weighted by Gasteiger charge is 2.46. The lowest BCUT2D eigenvalue weighted by molar-refractivity contribution is -0.0997. The SMILES string of the molecule is CC1COC2(C[C@@H](C)N[C@@H](C)C2)c2sc(Cl)cc21. The Morgan fingerprint density at radius 3 is 2.67 bits per heavy atom. The van der Waals surface area contributed by atoms with Crippen LogP contribution < -0.4 is 5.32 Å². The Bertz CT molecular complexity index is 449. The van der Waals surface area contributed by atoms with Crippen molar-refractivity contribution in [3.8, 4) is 0 Å². The third-order valence-electron chi connectivity index (χ3n) is 4.13. The smallest absolute Gasteiger partial charge is 0.106 e. The van der Waals surface area contributed by atoms with Crippen molar-refractivity contribution < 1.29 is 4.74 Å². The second-order valence-electron chi connectivity index (χ2n) is 5.92. The van der Waals surface area contributed by atoms with Crippen molar-refractivity contribution in [2.24, 2.45) is 0 Å². The molecule has 2 nitrogen and oxygen atoms in total. The van der Waals surface area contributed by atoms with Crippen LogP contribution in [0.25, 0.3) is 0 Å². The first-order valence-electron chi connectivity index (χ1n) is 6.70. The largest absolute Gasteiger partial charge is 0.369 e. The molecule has 1 aromatic rings. The van der Waals surface area contributed by atoms with Crippen LogP contribution in [0.5, 0.6) is 0 Å². The Hall–Kier alpha value is -0.0900. The van der Waals surface area contributed by atoms with Crippen LogP contribution >= 0.6 is 22.9 Å². The maximum Gasteiger partial charge on any atom is 0.106 e. The fourth-order valence-electron chi connectivity index (χ4n) is 3.51. The summed E-state index contributed by atoms with van der Waals surface area (Å²) in [5, 5.41) is 3.59. The van der Waals surface area contributed by atoms with Crippen LogP contribution in [0.3, 0.4) is 0 Å². The van der Waals surface area contributed by atoms with Crippen molar-refractivity contribution >= 4 is 22.9 Å². The predicted octanol–water partition coefficient (Wildman–Crippen LogP) is 3.89. The minimum atomic E-state index is -0.0935. The molecule has 1 N–H and O–H groups in total. The number of thiophene rings is 1. The lowest BCUT2D eigenvalue weighted by Crippen LogP contribution is -2.52. The van der Waals surface area contributed by atoms with Gasteiger partial charge < -0.3 is 10.1 Å². The highest BCUT2D eigenvalue weighted by molar-refractivity contribution is 7.16. The van der Waals surface area contributed by atoms with Crippen molar-refractivity contribution in [3.05, 3.63) is 20.8 Å². The number of nitrogens with one attached hydrogen (secondary N) is 1. The van der Waals surface area contributed by atoms with Gasteiger partial charge in [-0.3, -0.25) is 0 Å². The van der Waals surface area contributed by atoms with Gasteiger partial charge in [-0.1, -0.05) is 18.5 Å². The van der Waals surface area contributed by atoms with Crippen molar-refractivity contribution in [2.45, 2.75) is 57.2 Å². The predicted molar refractivity (Wildman–Crippen MR) is 76.7 cm³/mol. The van der Waals surface area contributed by atoms with Crippen molar-refractivity contribution in [1.82, 2.24) is 5.32 Å². The van der Waals surface area contributed by atoms with Gasteiger partial charge in [0, 0.05) is 22.9 Å². The molecular weight excluding hydrogens is 266 g/mol. The van der Waals surface area contributed by atoms with Crippen LogP contribution in [0.15, 0.2) is 6.07 Å². The molecule has 0 saturated carbocycles. The van der Waals surface area contributed by atoms with Gasteiger partial charge in [-0.2, -0.15) is 0 Å². The van der Waals surface area contributed by atoms with Gasteiger partial charge in [0.25, 0.3) is 0 Å². The third-order valence-corrected chi connectivity index (χ3v) is 5.59. The fourth-order valence-corrected chi connectivity index (χ4v) is 5.03. The van der Waals surface area contributed by atoms with E-state index in [1.807, 2.05) is 0 Å². The Morgan fingerprint density at radius 2 is 2.00 bits per heavy atom. The van der Waals surface area contributed by atoms with E-state index in [2.05, 4.69) is 32.2 Å². The van der Waals surface area contributed by atoms with Gasteiger partial charge in [-0.25, -0.2) is 0 Å². The van der Waals surface area contributed by atoms with Crippen molar-refractivity contribution in [3.63, 3.8) is 0 Å². The third kappa shape index (κ3) is 2.01. The quantitative estimate of drug-likeness (QED) is 0.781. The van der Waals surface area contributed by atoms with E-state index in [0.29, 0.717) is 18.0 Å². The van der Waals surface area contributed by atoms with Gasteiger partial charge in [-0.05, 0) is 38.3 Å². The van der Waals surface area contributed by atoms with Crippen LogP contribution in [0.4, 0.5) is 0 Å². The lowest BCUT2D eigenvalue weighted by atomic mass is 9.78. The normalized spacial score (nSPS) is 39.9. The second kappa shape index (κ2) is 4.48. The molecule has 1 spiro atoms. The number of piperidine rings is 1. The molecule has 0 amide bonds. The molecule has 2 aliphatic rings. The molecule has 18 heavy (non-hydrogen) atoms. The summed E-state index contributed by atoms with van der Waals surface area (Å²) >= 11 is 7.95. The molecule has 1 fully saturated rings. The summed E-state index contributed by atoms with van der Waals surface area (Å²) in [4.78, 5) is 1.38. The number of hydrogen-bond donors (Lipinski definition) is 1. The van der Waals surface area contributed by atoms with E-state index in [-0.39, 0.29) is 5.60 Å². The number of hydrogen-bond acceptors (Lipinski definition) is 3. The van der Waals surface area contributed by atoms with Gasteiger partial charge >= 0.3 is 0 Å². The average molecular weight is 286 g/mol. The van der Waals surface area contributed by atoms with Gasteiger partial charge in [0.2, 0.25) is 0 Å². The topological polar surface area (TPSA) is 21.3 Å². The second-order valence-corrected chi connectivity index (χ2v) is 7.60. The number of fused-ring (bicyclic) bond motifs is 2. The fraction of sp³-hybridized carbons (Fsp3) is 0.714. The summed E-state index contributed by atoms with van der Waals surface area (Å²) in [6.07, 6.45) is 2.10. The first-order chi connectivity index (χ1) is 8.50. The van der Waals surface area contributed by atoms with E-state index in [0.717, 1.165) is 23.8 Å². The highest BCUT2D eigenvalue weighted by atomic mass is 35.5. The van der Waals surface area contributed by atoms with Gasteiger partial charge in [0.15, 0.2) is 0 Å². The molecule has 0 aromatic carbocycles. The molecule has 2 aliphatic heterocycles. The van der Waals surface area contributed by atoms with Crippen molar-refractivity contribution in [2.75, 3.05) is 6.61 Å². The zero-order valence-corrected chi connectivity index (χ0v) is 12.7. The molecule has 3 heterocycles. The van der Waals surface area contributed by atoms with Crippen LogP contribution in [0.2, 0.25) is 4.34 Å². The molecule has 0 aliphatic carbocycles. The minimum Gasteiger partial charge on any atom is -0.369 e. The van der Waals surface area contributed by atoms with Crippen LogP contribution in [-0.2, 0) is 10.3 Å². The van der Waals surface area contributed by atoms with Gasteiger partial charge in [0.1, 0.15) is 5.60 Å². The molecule has 2 unspecified atom stereocenters. The molecule has 1 aromatic heterocycles. The van der Waals surface area contributed by atoms with Crippen molar-refractivity contribution in [1.29, 1.82) is 0 Å². The monoisotopic (exact) mass is 285 g/mol. The Labute approximate surface area is 118 Å². The molecule has 1 saturated heterocycles. The number of halogens is 1. The first kappa shape index (κ1) is 12.9. The molecule has 3 rings (SSSR count). The van der Waals surface area contributed by atoms with Gasteiger partial charge in [0.05, 0.1) is 10.9 Å². The summed E-state index contributed by atoms with van der Waals surface area (Å²) in [7, 11) is 0. The summed E-state index contributed by atoms with van der Waals surface area (Å²) < 4.78 is 7.21. The molecule has 4 heteroatoms. The molecule has 100 valence electrons. The van der Waals surface area contributed by atoms with E-state index >= 15 is 0 Å². The van der Waals surface area contributed by atoms with Crippen LogP contribution in [0.1, 0.15) is 50.0 Å². The van der Waals surface area contributed by atoms with E-state index in [4.69, 9.17) is 16.3 Å².